The molecule has 0 amide bonds. The van der Waals surface area contributed by atoms with Crippen molar-refractivity contribution in [1.82, 2.24) is 5.32 Å². The van der Waals surface area contributed by atoms with Gasteiger partial charge < -0.3 is 5.32 Å². The minimum atomic E-state index is -4.29. The SMILES string of the molecule is CCCC1N=CC=C(C(F)(F)F)N1. The summed E-state index contributed by atoms with van der Waals surface area (Å²) in [6, 6.07) is 0. The molecule has 0 aromatic rings. The Morgan fingerprint density at radius 3 is 2.77 bits per heavy atom. The number of hydrogen-bond donors (Lipinski definition) is 1. The molecule has 0 bridgehead atoms. The number of allylic oxidation sites excluding steroid dienone is 2. The molecule has 74 valence electrons. The number of nitrogens with one attached hydrogen (secondary N) is 1. The van der Waals surface area contributed by atoms with Crippen LogP contribution in [0.25, 0.3) is 0 Å². The molecule has 0 saturated heterocycles. The highest BCUT2D eigenvalue weighted by Gasteiger charge is 2.35. The minimum absolute atomic E-state index is 0.424. The first-order chi connectivity index (χ1) is 6.04. The van der Waals surface area contributed by atoms with Gasteiger partial charge in [-0.05, 0) is 12.5 Å². The van der Waals surface area contributed by atoms with Crippen molar-refractivity contribution in [2.24, 2.45) is 4.99 Å². The molecule has 1 N–H and O–H groups in total. The highest BCUT2D eigenvalue weighted by atomic mass is 19.4. The van der Waals surface area contributed by atoms with Crippen LogP contribution in [-0.4, -0.2) is 18.6 Å². The lowest BCUT2D eigenvalue weighted by Gasteiger charge is -2.21. The Morgan fingerprint density at radius 2 is 2.23 bits per heavy atom. The van der Waals surface area contributed by atoms with Gasteiger partial charge in [0.2, 0.25) is 0 Å². The first-order valence-corrected chi connectivity index (χ1v) is 4.11. The third-order valence-electron chi connectivity index (χ3n) is 1.70. The Labute approximate surface area is 74.5 Å². The Morgan fingerprint density at radius 1 is 1.54 bits per heavy atom. The van der Waals surface area contributed by atoms with Crippen molar-refractivity contribution >= 4 is 6.21 Å². The van der Waals surface area contributed by atoms with E-state index in [1.54, 1.807) is 0 Å². The van der Waals surface area contributed by atoms with E-state index >= 15 is 0 Å². The maximum atomic E-state index is 12.2. The van der Waals surface area contributed by atoms with Crippen molar-refractivity contribution in [1.29, 1.82) is 0 Å². The summed E-state index contributed by atoms with van der Waals surface area (Å²) in [5.41, 5.74) is -0.707. The maximum Gasteiger partial charge on any atom is 0.431 e. The summed E-state index contributed by atoms with van der Waals surface area (Å²) in [4.78, 5) is 3.87. The fraction of sp³-hybridized carbons (Fsp3) is 0.625. The number of aliphatic imine (C=N–C) groups is 1. The second-order valence-electron chi connectivity index (χ2n) is 2.83. The van der Waals surface area contributed by atoms with Gasteiger partial charge in [0.05, 0.1) is 0 Å². The third kappa shape index (κ3) is 2.75. The molecule has 0 aliphatic carbocycles. The van der Waals surface area contributed by atoms with Gasteiger partial charge in [-0.15, -0.1) is 0 Å². The van der Waals surface area contributed by atoms with E-state index in [2.05, 4.69) is 10.3 Å². The number of nitrogens with zero attached hydrogens (tertiary/aromatic N) is 1. The second kappa shape index (κ2) is 3.81. The van der Waals surface area contributed by atoms with Gasteiger partial charge in [0, 0.05) is 6.21 Å². The fourth-order valence-corrected chi connectivity index (χ4v) is 1.08. The van der Waals surface area contributed by atoms with Gasteiger partial charge in [0.1, 0.15) is 11.9 Å². The Bertz CT molecular complexity index is 230. The summed E-state index contributed by atoms with van der Waals surface area (Å²) in [5.74, 6) is 0. The molecular weight excluding hydrogens is 181 g/mol. The van der Waals surface area contributed by atoms with Crippen LogP contribution in [0.4, 0.5) is 13.2 Å². The van der Waals surface area contributed by atoms with Gasteiger partial charge in [-0.25, -0.2) is 0 Å². The topological polar surface area (TPSA) is 24.4 Å². The van der Waals surface area contributed by atoms with Crippen molar-refractivity contribution in [3.05, 3.63) is 11.8 Å². The van der Waals surface area contributed by atoms with Gasteiger partial charge in [0.15, 0.2) is 0 Å². The zero-order valence-electron chi connectivity index (χ0n) is 7.23. The van der Waals surface area contributed by atoms with E-state index in [0.29, 0.717) is 6.42 Å². The van der Waals surface area contributed by atoms with Gasteiger partial charge in [-0.2, -0.15) is 13.2 Å². The Hall–Kier alpha value is -1.00. The molecule has 0 spiro atoms. The molecular formula is C8H11F3N2. The van der Waals surface area contributed by atoms with Crippen molar-refractivity contribution in [2.45, 2.75) is 32.1 Å². The molecule has 1 atom stereocenters. The van der Waals surface area contributed by atoms with E-state index in [1.165, 1.54) is 6.21 Å². The van der Waals surface area contributed by atoms with Gasteiger partial charge in [-0.1, -0.05) is 13.3 Å². The lowest BCUT2D eigenvalue weighted by Crippen LogP contribution is -2.36. The Kier molecular flexibility index (Phi) is 2.95. The van der Waals surface area contributed by atoms with Crippen molar-refractivity contribution in [2.75, 3.05) is 0 Å². The summed E-state index contributed by atoms with van der Waals surface area (Å²) >= 11 is 0. The van der Waals surface area contributed by atoms with Crippen LogP contribution in [0.15, 0.2) is 16.8 Å². The molecule has 0 fully saturated rings. The zero-order chi connectivity index (χ0) is 9.90. The van der Waals surface area contributed by atoms with Crippen molar-refractivity contribution in [3.8, 4) is 0 Å². The van der Waals surface area contributed by atoms with Crippen LogP contribution in [0.1, 0.15) is 19.8 Å². The quantitative estimate of drug-likeness (QED) is 0.712. The zero-order valence-corrected chi connectivity index (χ0v) is 7.23. The molecule has 1 rings (SSSR count). The number of rotatable bonds is 2. The number of hydrogen-bond acceptors (Lipinski definition) is 2. The average Bonchev–Trinajstić information content (AvgIpc) is 2.04. The number of alkyl halides is 3. The standard InChI is InChI=1S/C8H11F3N2/c1-2-3-7-12-5-4-6(13-7)8(9,10)11/h4-5,7,13H,2-3H2,1H3. The molecule has 1 heterocycles. The van der Waals surface area contributed by atoms with Crippen LogP contribution < -0.4 is 5.32 Å². The summed E-state index contributed by atoms with van der Waals surface area (Å²) in [6.07, 6.45) is -1.14. The lowest BCUT2D eigenvalue weighted by molar-refractivity contribution is -0.0978. The monoisotopic (exact) mass is 192 g/mol. The van der Waals surface area contributed by atoms with Crippen LogP contribution >= 0.6 is 0 Å². The summed E-state index contributed by atoms with van der Waals surface area (Å²) in [5, 5.41) is 2.33. The smallest absolute Gasteiger partial charge is 0.360 e. The van der Waals surface area contributed by atoms with Crippen LogP contribution in [0.2, 0.25) is 0 Å². The van der Waals surface area contributed by atoms with E-state index in [0.717, 1.165) is 12.5 Å². The van der Waals surface area contributed by atoms with Crippen LogP contribution in [0.3, 0.4) is 0 Å². The molecule has 0 saturated carbocycles. The van der Waals surface area contributed by atoms with Crippen LogP contribution in [0.5, 0.6) is 0 Å². The normalized spacial score (nSPS) is 22.5. The van der Waals surface area contributed by atoms with Crippen molar-refractivity contribution < 1.29 is 13.2 Å². The van der Waals surface area contributed by atoms with E-state index in [4.69, 9.17) is 0 Å². The summed E-state index contributed by atoms with van der Waals surface area (Å²) in [7, 11) is 0. The average molecular weight is 192 g/mol. The highest BCUT2D eigenvalue weighted by molar-refractivity contribution is 5.73. The van der Waals surface area contributed by atoms with Gasteiger partial charge in [0.25, 0.3) is 0 Å². The highest BCUT2D eigenvalue weighted by Crippen LogP contribution is 2.25. The first-order valence-electron chi connectivity index (χ1n) is 4.11. The van der Waals surface area contributed by atoms with E-state index in [9.17, 15) is 13.2 Å². The predicted molar refractivity (Wildman–Crippen MR) is 44.5 cm³/mol. The summed E-state index contributed by atoms with van der Waals surface area (Å²) in [6.45, 7) is 1.91. The van der Waals surface area contributed by atoms with E-state index in [-0.39, 0.29) is 0 Å². The fourth-order valence-electron chi connectivity index (χ4n) is 1.08. The molecule has 2 nitrogen and oxygen atoms in total. The largest absolute Gasteiger partial charge is 0.431 e. The van der Waals surface area contributed by atoms with Gasteiger partial charge >= 0.3 is 6.18 Å². The molecule has 1 unspecified atom stereocenters. The second-order valence-corrected chi connectivity index (χ2v) is 2.83. The summed E-state index contributed by atoms with van der Waals surface area (Å²) < 4.78 is 36.5. The maximum absolute atomic E-state index is 12.2. The molecule has 1 aliphatic heterocycles. The first kappa shape index (κ1) is 10.1. The van der Waals surface area contributed by atoms with E-state index < -0.39 is 18.0 Å². The minimum Gasteiger partial charge on any atom is -0.360 e. The molecule has 5 heteroatoms. The van der Waals surface area contributed by atoms with Crippen LogP contribution in [0, 0.1) is 0 Å². The molecule has 1 aliphatic rings. The van der Waals surface area contributed by atoms with Crippen molar-refractivity contribution in [3.63, 3.8) is 0 Å². The van der Waals surface area contributed by atoms with Crippen LogP contribution in [-0.2, 0) is 0 Å². The third-order valence-corrected chi connectivity index (χ3v) is 1.70. The Balaban J connectivity index is 2.61. The lowest BCUT2D eigenvalue weighted by atomic mass is 10.2. The number of halogens is 3. The van der Waals surface area contributed by atoms with E-state index in [1.807, 2.05) is 6.92 Å². The molecule has 0 aromatic carbocycles. The van der Waals surface area contributed by atoms with Gasteiger partial charge in [-0.3, -0.25) is 4.99 Å². The molecule has 13 heavy (non-hydrogen) atoms. The molecule has 0 radical (unpaired) electrons. The molecule has 0 aromatic heterocycles. The predicted octanol–water partition coefficient (Wildman–Crippen LogP) is 2.23.